The number of rotatable bonds is 2. The molecule has 22 heavy (non-hydrogen) atoms. The lowest BCUT2D eigenvalue weighted by atomic mass is 9.87. The van der Waals surface area contributed by atoms with Crippen LogP contribution >= 0.6 is 0 Å². The molecule has 2 atom stereocenters. The van der Waals surface area contributed by atoms with Gasteiger partial charge in [-0.15, -0.1) is 0 Å². The quantitative estimate of drug-likeness (QED) is 0.364. The molecule has 108 valence electrons. The maximum absolute atomic E-state index is 12.0. The Kier molecular flexibility index (Phi) is 2.89. The molecule has 0 fully saturated rings. The van der Waals surface area contributed by atoms with E-state index in [1.807, 2.05) is 6.07 Å². The maximum atomic E-state index is 12.0. The molecule has 0 aromatic heterocycles. The molecule has 3 aliphatic rings. The number of benzene rings is 1. The molecule has 0 N–H and O–H groups in total. The van der Waals surface area contributed by atoms with Crippen LogP contribution in [0.2, 0.25) is 0 Å². The number of carbonyl (C=O) groups excluding carboxylic acids is 2. The Morgan fingerprint density at radius 1 is 1.05 bits per heavy atom. The van der Waals surface area contributed by atoms with E-state index in [4.69, 9.17) is 4.84 Å². The van der Waals surface area contributed by atoms with Gasteiger partial charge in [-0.2, -0.15) is 0 Å². The van der Waals surface area contributed by atoms with Crippen LogP contribution in [0.4, 0.5) is 0 Å². The number of allylic oxidation sites excluding steroid dienone is 6. The Hall–Kier alpha value is -2.75. The van der Waals surface area contributed by atoms with E-state index >= 15 is 0 Å². The van der Waals surface area contributed by atoms with Crippen LogP contribution in [0.25, 0.3) is 0 Å². The number of ketones is 1. The summed E-state index contributed by atoms with van der Waals surface area (Å²) in [6.45, 7) is 0. The first-order chi connectivity index (χ1) is 10.7. The topological polar surface area (TPSA) is 55.7 Å². The molecule has 1 aromatic carbocycles. The summed E-state index contributed by atoms with van der Waals surface area (Å²) >= 11 is 0. The fourth-order valence-corrected chi connectivity index (χ4v) is 3.30. The van der Waals surface area contributed by atoms with Crippen LogP contribution in [0.1, 0.15) is 16.8 Å². The van der Waals surface area contributed by atoms with Crippen LogP contribution in [-0.4, -0.2) is 17.5 Å². The summed E-state index contributed by atoms with van der Waals surface area (Å²) in [5, 5.41) is 3.99. The van der Waals surface area contributed by atoms with Crippen LogP contribution in [-0.2, 0) is 9.63 Å². The highest BCUT2D eigenvalue weighted by atomic mass is 16.7. The Bertz CT molecular complexity index is 784. The summed E-state index contributed by atoms with van der Waals surface area (Å²) in [6, 6.07) is 8.72. The third-order valence-electron chi connectivity index (χ3n) is 4.29. The molecule has 0 heterocycles. The standard InChI is InChI=1S/C18H13NO3/c20-15-9-8-14(16-12-6-7-13(10-12)17(15)16)19-22-18(21)11-4-2-1-3-5-11/h1-9,12-13H,10H2/b19-14-/t12-,13+/m0/s1. The van der Waals surface area contributed by atoms with Crippen molar-refractivity contribution in [3.05, 3.63) is 71.3 Å². The van der Waals surface area contributed by atoms with Gasteiger partial charge in [0.2, 0.25) is 0 Å². The van der Waals surface area contributed by atoms with Gasteiger partial charge in [0.05, 0.1) is 5.56 Å². The highest BCUT2D eigenvalue weighted by Gasteiger charge is 2.41. The van der Waals surface area contributed by atoms with Crippen molar-refractivity contribution in [3.8, 4) is 0 Å². The van der Waals surface area contributed by atoms with Crippen molar-refractivity contribution in [2.75, 3.05) is 0 Å². The minimum atomic E-state index is -0.501. The third-order valence-corrected chi connectivity index (χ3v) is 4.29. The first kappa shape index (κ1) is 13.0. The van der Waals surface area contributed by atoms with Gasteiger partial charge in [0.25, 0.3) is 0 Å². The fraction of sp³-hybridized carbons (Fsp3) is 0.167. The number of oxime groups is 1. The van der Waals surface area contributed by atoms with E-state index in [0.717, 1.165) is 17.6 Å². The number of carbonyl (C=O) groups is 2. The summed E-state index contributed by atoms with van der Waals surface area (Å²) < 4.78 is 0. The van der Waals surface area contributed by atoms with Gasteiger partial charge in [0, 0.05) is 17.4 Å². The Morgan fingerprint density at radius 3 is 2.55 bits per heavy atom. The number of hydrogen-bond acceptors (Lipinski definition) is 4. The second-order valence-corrected chi connectivity index (χ2v) is 5.58. The second-order valence-electron chi connectivity index (χ2n) is 5.58. The molecule has 0 aliphatic heterocycles. The molecule has 1 aromatic rings. The van der Waals surface area contributed by atoms with Gasteiger partial charge in [-0.1, -0.05) is 35.5 Å². The second kappa shape index (κ2) is 4.91. The highest BCUT2D eigenvalue weighted by molar-refractivity contribution is 6.23. The van der Waals surface area contributed by atoms with Crippen molar-refractivity contribution in [1.82, 2.24) is 0 Å². The highest BCUT2D eigenvalue weighted by Crippen LogP contribution is 2.46. The van der Waals surface area contributed by atoms with Crippen molar-refractivity contribution in [2.45, 2.75) is 6.42 Å². The van der Waals surface area contributed by atoms with Crippen molar-refractivity contribution >= 4 is 17.5 Å². The monoisotopic (exact) mass is 291 g/mol. The molecule has 0 unspecified atom stereocenters. The maximum Gasteiger partial charge on any atom is 0.365 e. The van der Waals surface area contributed by atoms with Crippen LogP contribution < -0.4 is 0 Å². The first-order valence-corrected chi connectivity index (χ1v) is 7.23. The lowest BCUT2D eigenvalue weighted by Crippen LogP contribution is -2.18. The van der Waals surface area contributed by atoms with E-state index in [9.17, 15) is 9.59 Å². The van der Waals surface area contributed by atoms with Gasteiger partial charge >= 0.3 is 5.97 Å². The zero-order valence-electron chi connectivity index (χ0n) is 11.7. The van der Waals surface area contributed by atoms with Gasteiger partial charge in [-0.05, 0) is 36.3 Å². The van der Waals surface area contributed by atoms with E-state index < -0.39 is 5.97 Å². The molecule has 0 saturated carbocycles. The van der Waals surface area contributed by atoms with E-state index in [2.05, 4.69) is 17.3 Å². The summed E-state index contributed by atoms with van der Waals surface area (Å²) in [5.41, 5.74) is 2.76. The summed E-state index contributed by atoms with van der Waals surface area (Å²) in [5.74, 6) is -0.0602. The van der Waals surface area contributed by atoms with Gasteiger partial charge in [-0.25, -0.2) is 4.79 Å². The van der Waals surface area contributed by atoms with Crippen LogP contribution in [0.3, 0.4) is 0 Å². The lowest BCUT2D eigenvalue weighted by molar-refractivity contribution is -0.111. The van der Waals surface area contributed by atoms with Crippen molar-refractivity contribution in [3.63, 3.8) is 0 Å². The first-order valence-electron chi connectivity index (χ1n) is 7.23. The van der Waals surface area contributed by atoms with Crippen molar-refractivity contribution < 1.29 is 14.4 Å². The van der Waals surface area contributed by atoms with Gasteiger partial charge in [0.15, 0.2) is 5.78 Å². The number of nitrogens with zero attached hydrogens (tertiary/aromatic N) is 1. The minimum Gasteiger partial charge on any atom is -0.312 e. The predicted octanol–water partition coefficient (Wildman–Crippen LogP) is 2.84. The lowest BCUT2D eigenvalue weighted by Gasteiger charge is -2.17. The number of fused-ring (bicyclic) bond motifs is 4. The van der Waals surface area contributed by atoms with E-state index in [-0.39, 0.29) is 17.6 Å². The summed E-state index contributed by atoms with van der Waals surface area (Å²) in [7, 11) is 0. The van der Waals surface area contributed by atoms with Crippen LogP contribution in [0.15, 0.2) is 70.9 Å². The summed E-state index contributed by atoms with van der Waals surface area (Å²) in [6.07, 6.45) is 8.24. The molecule has 4 heteroatoms. The average molecular weight is 291 g/mol. The molecule has 4 nitrogen and oxygen atoms in total. The van der Waals surface area contributed by atoms with Gasteiger partial charge < -0.3 is 4.84 Å². The Balaban J connectivity index is 1.60. The molecular weight excluding hydrogens is 278 g/mol. The van der Waals surface area contributed by atoms with Crippen LogP contribution in [0, 0.1) is 11.8 Å². The molecular formula is C18H13NO3. The predicted molar refractivity (Wildman–Crippen MR) is 81.2 cm³/mol. The zero-order valence-corrected chi connectivity index (χ0v) is 11.7. The van der Waals surface area contributed by atoms with Crippen molar-refractivity contribution in [2.24, 2.45) is 17.0 Å². The van der Waals surface area contributed by atoms with Crippen LogP contribution in [0.5, 0.6) is 0 Å². The van der Waals surface area contributed by atoms with E-state index in [1.54, 1.807) is 30.3 Å². The Morgan fingerprint density at radius 2 is 1.77 bits per heavy atom. The third kappa shape index (κ3) is 1.96. The van der Waals surface area contributed by atoms with Gasteiger partial charge in [-0.3, -0.25) is 4.79 Å². The van der Waals surface area contributed by atoms with Gasteiger partial charge in [0.1, 0.15) is 5.71 Å². The minimum absolute atomic E-state index is 0.0418. The average Bonchev–Trinajstić information content (AvgIpc) is 3.17. The molecule has 4 rings (SSSR count). The smallest absolute Gasteiger partial charge is 0.312 e. The molecule has 0 saturated heterocycles. The van der Waals surface area contributed by atoms with E-state index in [1.165, 1.54) is 6.08 Å². The largest absolute Gasteiger partial charge is 0.365 e. The van der Waals surface area contributed by atoms with E-state index in [0.29, 0.717) is 11.3 Å². The zero-order chi connectivity index (χ0) is 15.1. The number of hydrogen-bond donors (Lipinski definition) is 0. The molecule has 0 radical (unpaired) electrons. The Labute approximate surface area is 127 Å². The normalized spacial score (nSPS) is 26.7. The summed E-state index contributed by atoms with van der Waals surface area (Å²) in [4.78, 5) is 29.0. The molecule has 0 amide bonds. The molecule has 2 bridgehead atoms. The van der Waals surface area contributed by atoms with Crippen molar-refractivity contribution in [1.29, 1.82) is 0 Å². The fourth-order valence-electron chi connectivity index (χ4n) is 3.30. The molecule has 3 aliphatic carbocycles. The SMILES string of the molecule is O=C1C=C/C(=N/OC(=O)c2ccccc2)C2=C1[C@@H]1C=C[C@H]2C1. The molecule has 0 spiro atoms.